The molecule has 25 heavy (non-hydrogen) atoms. The molecule has 0 aliphatic carbocycles. The highest BCUT2D eigenvalue weighted by molar-refractivity contribution is 4.60. The first kappa shape index (κ1) is 24.9. The Labute approximate surface area is 159 Å². The molecule has 0 aromatic carbocycles. The zero-order chi connectivity index (χ0) is 18.4. The zero-order valence-electron chi connectivity index (χ0n) is 17.7. The lowest BCUT2D eigenvalue weighted by molar-refractivity contribution is 0.143. The van der Waals surface area contributed by atoms with Gasteiger partial charge in [0.1, 0.15) is 0 Å². The third kappa shape index (κ3) is 21.9. The van der Waals surface area contributed by atoms with E-state index in [0.29, 0.717) is 6.04 Å². The van der Waals surface area contributed by atoms with Crippen molar-refractivity contribution < 1.29 is 4.74 Å². The molecule has 0 bridgehead atoms. The van der Waals surface area contributed by atoms with Gasteiger partial charge in [0.25, 0.3) is 0 Å². The largest absolute Gasteiger partial charge is 0.382 e. The van der Waals surface area contributed by atoms with E-state index < -0.39 is 0 Å². The lowest BCUT2D eigenvalue weighted by Crippen LogP contribution is -2.18. The molecular weight excluding hydrogens is 306 g/mol. The first-order chi connectivity index (χ1) is 12.3. The molecule has 0 spiro atoms. The minimum atomic E-state index is 0.458. The van der Waals surface area contributed by atoms with Crippen molar-refractivity contribution in [2.45, 2.75) is 135 Å². The van der Waals surface area contributed by atoms with Crippen LogP contribution in [0.1, 0.15) is 129 Å². The molecule has 2 nitrogen and oxygen atoms in total. The van der Waals surface area contributed by atoms with Gasteiger partial charge in [-0.25, -0.2) is 0 Å². The second kappa shape index (κ2) is 22.0. The summed E-state index contributed by atoms with van der Waals surface area (Å²) in [5.41, 5.74) is 6.05. The molecular formula is C23H49NO. The van der Waals surface area contributed by atoms with Gasteiger partial charge in [0.05, 0.1) is 0 Å². The van der Waals surface area contributed by atoms with E-state index in [1.54, 1.807) is 0 Å². The third-order valence-electron chi connectivity index (χ3n) is 5.23. The van der Waals surface area contributed by atoms with Gasteiger partial charge in [-0.1, -0.05) is 103 Å². The fourth-order valence-electron chi connectivity index (χ4n) is 3.57. The monoisotopic (exact) mass is 355 g/mol. The number of ether oxygens (including phenoxy) is 1. The van der Waals surface area contributed by atoms with Crippen LogP contribution in [0.2, 0.25) is 0 Å². The van der Waals surface area contributed by atoms with E-state index >= 15 is 0 Å². The molecule has 0 amide bonds. The minimum absolute atomic E-state index is 0.458. The fourth-order valence-corrected chi connectivity index (χ4v) is 3.57. The molecule has 0 radical (unpaired) electrons. The first-order valence-corrected chi connectivity index (χ1v) is 11.6. The SMILES string of the molecule is CCCC(N)CCCCCCCCCCCCCCCCCOCC. The molecule has 1 unspecified atom stereocenters. The highest BCUT2D eigenvalue weighted by Crippen LogP contribution is 2.14. The van der Waals surface area contributed by atoms with Crippen LogP contribution >= 0.6 is 0 Å². The van der Waals surface area contributed by atoms with Gasteiger partial charge in [0.2, 0.25) is 0 Å². The topological polar surface area (TPSA) is 35.2 Å². The second-order valence-corrected chi connectivity index (χ2v) is 7.84. The van der Waals surface area contributed by atoms with Crippen LogP contribution in [0, 0.1) is 0 Å². The van der Waals surface area contributed by atoms with E-state index in [1.165, 1.54) is 116 Å². The maximum atomic E-state index is 6.05. The Morgan fingerprint density at radius 2 is 0.960 bits per heavy atom. The molecule has 0 aromatic heterocycles. The van der Waals surface area contributed by atoms with Crippen molar-refractivity contribution in [1.82, 2.24) is 0 Å². The molecule has 0 aromatic rings. The summed E-state index contributed by atoms with van der Waals surface area (Å²) in [4.78, 5) is 0. The van der Waals surface area contributed by atoms with Crippen LogP contribution in [-0.2, 0) is 4.74 Å². The molecule has 2 heteroatoms. The van der Waals surface area contributed by atoms with Crippen LogP contribution < -0.4 is 5.73 Å². The van der Waals surface area contributed by atoms with Gasteiger partial charge in [-0.15, -0.1) is 0 Å². The Hall–Kier alpha value is -0.0800. The van der Waals surface area contributed by atoms with Gasteiger partial charge < -0.3 is 10.5 Å². The Morgan fingerprint density at radius 3 is 1.36 bits per heavy atom. The quantitative estimate of drug-likeness (QED) is 0.218. The summed E-state index contributed by atoms with van der Waals surface area (Å²) in [5, 5.41) is 0. The maximum Gasteiger partial charge on any atom is 0.0465 e. The van der Waals surface area contributed by atoms with Crippen molar-refractivity contribution in [3.05, 3.63) is 0 Å². The summed E-state index contributed by atoms with van der Waals surface area (Å²) in [7, 11) is 0. The molecule has 0 fully saturated rings. The van der Waals surface area contributed by atoms with E-state index in [2.05, 4.69) is 13.8 Å². The number of nitrogens with two attached hydrogens (primary N) is 1. The van der Waals surface area contributed by atoms with Gasteiger partial charge in [-0.2, -0.15) is 0 Å². The fraction of sp³-hybridized carbons (Fsp3) is 1.00. The zero-order valence-corrected chi connectivity index (χ0v) is 17.7. The maximum absolute atomic E-state index is 6.05. The molecule has 152 valence electrons. The third-order valence-corrected chi connectivity index (χ3v) is 5.23. The van der Waals surface area contributed by atoms with E-state index in [1.807, 2.05) is 0 Å². The van der Waals surface area contributed by atoms with E-state index in [0.717, 1.165) is 13.2 Å². The van der Waals surface area contributed by atoms with Crippen molar-refractivity contribution in [1.29, 1.82) is 0 Å². The molecule has 1 atom stereocenters. The van der Waals surface area contributed by atoms with Gasteiger partial charge in [0.15, 0.2) is 0 Å². The summed E-state index contributed by atoms with van der Waals surface area (Å²) in [6.45, 7) is 6.13. The van der Waals surface area contributed by atoms with Crippen LogP contribution in [0.25, 0.3) is 0 Å². The predicted octanol–water partition coefficient (Wildman–Crippen LogP) is 7.39. The molecule has 0 aliphatic rings. The number of rotatable bonds is 21. The van der Waals surface area contributed by atoms with Crippen molar-refractivity contribution in [3.8, 4) is 0 Å². The van der Waals surface area contributed by atoms with E-state index in [4.69, 9.17) is 10.5 Å². The first-order valence-electron chi connectivity index (χ1n) is 11.6. The molecule has 0 heterocycles. The van der Waals surface area contributed by atoms with Crippen LogP contribution in [0.5, 0.6) is 0 Å². The van der Waals surface area contributed by atoms with Gasteiger partial charge in [0, 0.05) is 19.3 Å². The molecule has 0 saturated carbocycles. The van der Waals surface area contributed by atoms with Crippen LogP contribution in [0.3, 0.4) is 0 Å². The standard InChI is InChI=1S/C23H49NO/c1-3-20-23(24)21-18-16-14-12-10-8-6-5-7-9-11-13-15-17-19-22-25-4-2/h23H,3-22,24H2,1-2H3. The second-order valence-electron chi connectivity index (χ2n) is 7.84. The number of hydrogen-bond donors (Lipinski definition) is 1. The predicted molar refractivity (Wildman–Crippen MR) is 113 cm³/mol. The van der Waals surface area contributed by atoms with Crippen molar-refractivity contribution >= 4 is 0 Å². The lowest BCUT2D eigenvalue weighted by Gasteiger charge is -2.09. The summed E-state index contributed by atoms with van der Waals surface area (Å²) in [5.74, 6) is 0. The minimum Gasteiger partial charge on any atom is -0.382 e. The van der Waals surface area contributed by atoms with Crippen LogP contribution in [0.15, 0.2) is 0 Å². The summed E-state index contributed by atoms with van der Waals surface area (Å²) in [6.07, 6.45) is 24.8. The summed E-state index contributed by atoms with van der Waals surface area (Å²) < 4.78 is 5.37. The van der Waals surface area contributed by atoms with Gasteiger partial charge >= 0.3 is 0 Å². The highest BCUT2D eigenvalue weighted by Gasteiger charge is 2.00. The average Bonchev–Trinajstić information content (AvgIpc) is 2.61. The van der Waals surface area contributed by atoms with E-state index in [9.17, 15) is 0 Å². The highest BCUT2D eigenvalue weighted by atomic mass is 16.5. The lowest BCUT2D eigenvalue weighted by atomic mass is 10.0. The average molecular weight is 356 g/mol. The number of hydrogen-bond acceptors (Lipinski definition) is 2. The van der Waals surface area contributed by atoms with E-state index in [-0.39, 0.29) is 0 Å². The smallest absolute Gasteiger partial charge is 0.0465 e. The van der Waals surface area contributed by atoms with Crippen molar-refractivity contribution in [3.63, 3.8) is 0 Å². The molecule has 0 rings (SSSR count). The number of unbranched alkanes of at least 4 members (excludes halogenated alkanes) is 14. The molecule has 0 aliphatic heterocycles. The van der Waals surface area contributed by atoms with Crippen LogP contribution in [0.4, 0.5) is 0 Å². The Balaban J connectivity index is 3.00. The summed E-state index contributed by atoms with van der Waals surface area (Å²) >= 11 is 0. The Bertz CT molecular complexity index is 232. The summed E-state index contributed by atoms with van der Waals surface area (Å²) in [6, 6.07) is 0.458. The van der Waals surface area contributed by atoms with Crippen LogP contribution in [-0.4, -0.2) is 19.3 Å². The Kier molecular flexibility index (Phi) is 21.9. The van der Waals surface area contributed by atoms with Crippen molar-refractivity contribution in [2.75, 3.05) is 13.2 Å². The molecule has 2 N–H and O–H groups in total. The Morgan fingerprint density at radius 1 is 0.560 bits per heavy atom. The van der Waals surface area contributed by atoms with Gasteiger partial charge in [-0.3, -0.25) is 0 Å². The normalized spacial score (nSPS) is 12.6. The van der Waals surface area contributed by atoms with Gasteiger partial charge in [-0.05, 0) is 26.2 Å². The van der Waals surface area contributed by atoms with Crippen molar-refractivity contribution in [2.24, 2.45) is 5.73 Å². The molecule has 0 saturated heterocycles.